The van der Waals surface area contributed by atoms with Gasteiger partial charge in [-0.2, -0.15) is 5.10 Å². The van der Waals surface area contributed by atoms with E-state index < -0.39 is 6.10 Å². The minimum absolute atomic E-state index is 0.346. The third-order valence-corrected chi connectivity index (χ3v) is 4.06. The van der Waals surface area contributed by atoms with Crippen molar-refractivity contribution in [2.24, 2.45) is 0 Å². The lowest BCUT2D eigenvalue weighted by atomic mass is 9.91. The molecular weight excluding hydrogens is 228 g/mol. The van der Waals surface area contributed by atoms with Gasteiger partial charge in [-0.15, -0.1) is 0 Å². The van der Waals surface area contributed by atoms with Gasteiger partial charge in [-0.05, 0) is 32.8 Å². The quantitative estimate of drug-likeness (QED) is 0.875. The van der Waals surface area contributed by atoms with E-state index in [1.165, 1.54) is 0 Å². The third-order valence-electron chi connectivity index (χ3n) is 4.06. The molecule has 1 N–H and O–H groups in total. The predicted octanol–water partition coefficient (Wildman–Crippen LogP) is 2.33. The molecule has 1 fully saturated rings. The average Bonchev–Trinajstić information content (AvgIpc) is 2.97. The second-order valence-electron chi connectivity index (χ2n) is 5.58. The molecule has 0 aromatic carbocycles. The summed E-state index contributed by atoms with van der Waals surface area (Å²) in [5.74, 6) is 0. The fourth-order valence-electron chi connectivity index (χ4n) is 2.80. The van der Waals surface area contributed by atoms with E-state index in [1.54, 1.807) is 7.11 Å². The molecule has 1 saturated carbocycles. The zero-order valence-corrected chi connectivity index (χ0v) is 11.6. The first-order valence-electron chi connectivity index (χ1n) is 6.84. The van der Waals surface area contributed by atoms with E-state index >= 15 is 0 Å². The molecule has 0 radical (unpaired) electrons. The van der Waals surface area contributed by atoms with Crippen LogP contribution >= 0.6 is 0 Å². The number of hydrogen-bond donors (Lipinski definition) is 1. The van der Waals surface area contributed by atoms with Crippen LogP contribution in [0.25, 0.3) is 0 Å². The molecule has 0 spiro atoms. The predicted molar refractivity (Wildman–Crippen MR) is 70.5 cm³/mol. The van der Waals surface area contributed by atoms with Crippen molar-refractivity contribution in [3.05, 3.63) is 18.0 Å². The van der Waals surface area contributed by atoms with E-state index in [2.05, 4.69) is 18.9 Å². The molecule has 1 aromatic rings. The van der Waals surface area contributed by atoms with Crippen LogP contribution < -0.4 is 0 Å². The van der Waals surface area contributed by atoms with E-state index in [0.717, 1.165) is 31.4 Å². The topological polar surface area (TPSA) is 47.3 Å². The number of methoxy groups -OCH3 is 1. The monoisotopic (exact) mass is 252 g/mol. The lowest BCUT2D eigenvalue weighted by Gasteiger charge is -2.32. The van der Waals surface area contributed by atoms with Crippen LogP contribution in [0.2, 0.25) is 0 Å². The Labute approximate surface area is 109 Å². The van der Waals surface area contributed by atoms with Crippen molar-refractivity contribution in [3.8, 4) is 0 Å². The summed E-state index contributed by atoms with van der Waals surface area (Å²) in [6.45, 7) is 4.20. The molecule has 4 heteroatoms. The molecule has 0 aliphatic heterocycles. The smallest absolute Gasteiger partial charge is 0.0940 e. The van der Waals surface area contributed by atoms with Gasteiger partial charge in [-0.3, -0.25) is 4.68 Å². The molecule has 1 aliphatic rings. The summed E-state index contributed by atoms with van der Waals surface area (Å²) in [4.78, 5) is 0. The van der Waals surface area contributed by atoms with Gasteiger partial charge in [0.15, 0.2) is 0 Å². The summed E-state index contributed by atoms with van der Waals surface area (Å²) in [5, 5.41) is 14.9. The number of rotatable bonds is 5. The van der Waals surface area contributed by atoms with Crippen molar-refractivity contribution in [1.82, 2.24) is 9.78 Å². The van der Waals surface area contributed by atoms with Crippen molar-refractivity contribution >= 4 is 0 Å². The summed E-state index contributed by atoms with van der Waals surface area (Å²) < 4.78 is 7.53. The first kappa shape index (κ1) is 13.6. The normalized spacial score (nSPS) is 20.5. The summed E-state index contributed by atoms with van der Waals surface area (Å²) in [7, 11) is 1.71. The minimum atomic E-state index is -0.458. The maximum absolute atomic E-state index is 10.4. The van der Waals surface area contributed by atoms with Crippen LogP contribution in [0.5, 0.6) is 0 Å². The van der Waals surface area contributed by atoms with E-state index in [-0.39, 0.29) is 5.60 Å². The minimum Gasteiger partial charge on any atom is -0.390 e. The Hall–Kier alpha value is -0.870. The van der Waals surface area contributed by atoms with Crippen LogP contribution in [0.4, 0.5) is 0 Å². The van der Waals surface area contributed by atoms with Crippen LogP contribution in [0.15, 0.2) is 12.3 Å². The maximum atomic E-state index is 10.4. The molecular formula is C14H24N2O2. The van der Waals surface area contributed by atoms with Crippen molar-refractivity contribution in [2.75, 3.05) is 7.11 Å². The van der Waals surface area contributed by atoms with Crippen LogP contribution in [0, 0.1) is 0 Å². The molecule has 1 atom stereocenters. The van der Waals surface area contributed by atoms with Gasteiger partial charge in [0.2, 0.25) is 0 Å². The van der Waals surface area contributed by atoms with E-state index in [1.807, 2.05) is 16.9 Å². The summed E-state index contributed by atoms with van der Waals surface area (Å²) in [6, 6.07) is 2.35. The van der Waals surface area contributed by atoms with Crippen LogP contribution in [0.1, 0.15) is 51.3 Å². The van der Waals surface area contributed by atoms with Gasteiger partial charge in [-0.25, -0.2) is 0 Å². The number of nitrogens with zero attached hydrogens (tertiary/aromatic N) is 2. The van der Waals surface area contributed by atoms with Gasteiger partial charge < -0.3 is 9.84 Å². The van der Waals surface area contributed by atoms with Crippen LogP contribution in [0.3, 0.4) is 0 Å². The van der Waals surface area contributed by atoms with Gasteiger partial charge in [0.25, 0.3) is 0 Å². The Balaban J connectivity index is 2.03. The summed E-state index contributed by atoms with van der Waals surface area (Å²) in [5.41, 5.74) is 0.598. The molecule has 1 aliphatic carbocycles. The number of aromatic nitrogens is 2. The number of hydrogen-bond acceptors (Lipinski definition) is 3. The Morgan fingerprint density at radius 2 is 2.11 bits per heavy atom. The lowest BCUT2D eigenvalue weighted by molar-refractivity contribution is -0.0974. The molecule has 102 valence electrons. The average molecular weight is 252 g/mol. The Morgan fingerprint density at radius 3 is 2.61 bits per heavy atom. The molecule has 0 amide bonds. The Bertz CT molecular complexity index is 381. The fraction of sp³-hybridized carbons (Fsp3) is 0.786. The van der Waals surface area contributed by atoms with E-state index in [9.17, 15) is 5.11 Å². The van der Waals surface area contributed by atoms with Crippen molar-refractivity contribution in [1.29, 1.82) is 0 Å². The molecule has 1 unspecified atom stereocenters. The SMILES string of the molecule is COC1(C(O)Cc2ccn(C(C)C)n2)CCCC1. The summed E-state index contributed by atoms with van der Waals surface area (Å²) in [6.07, 6.45) is 6.29. The van der Waals surface area contributed by atoms with Gasteiger partial charge in [0.05, 0.1) is 17.4 Å². The van der Waals surface area contributed by atoms with Crippen LogP contribution in [-0.2, 0) is 11.2 Å². The number of aliphatic hydroxyl groups is 1. The highest BCUT2D eigenvalue weighted by Gasteiger charge is 2.40. The molecule has 1 heterocycles. The molecule has 0 bridgehead atoms. The van der Waals surface area contributed by atoms with Gasteiger partial charge in [-0.1, -0.05) is 12.8 Å². The van der Waals surface area contributed by atoms with Gasteiger partial charge in [0.1, 0.15) is 0 Å². The van der Waals surface area contributed by atoms with Crippen molar-refractivity contribution < 1.29 is 9.84 Å². The van der Waals surface area contributed by atoms with Crippen molar-refractivity contribution in [2.45, 2.75) is 63.7 Å². The first-order chi connectivity index (χ1) is 8.57. The molecule has 4 nitrogen and oxygen atoms in total. The lowest BCUT2D eigenvalue weighted by Crippen LogP contribution is -2.43. The highest BCUT2D eigenvalue weighted by Crippen LogP contribution is 2.36. The maximum Gasteiger partial charge on any atom is 0.0940 e. The second-order valence-corrected chi connectivity index (χ2v) is 5.58. The van der Waals surface area contributed by atoms with Crippen LogP contribution in [-0.4, -0.2) is 33.7 Å². The van der Waals surface area contributed by atoms with Gasteiger partial charge in [0, 0.05) is 25.8 Å². The molecule has 0 saturated heterocycles. The van der Waals surface area contributed by atoms with E-state index in [0.29, 0.717) is 12.5 Å². The van der Waals surface area contributed by atoms with Gasteiger partial charge >= 0.3 is 0 Å². The highest BCUT2D eigenvalue weighted by atomic mass is 16.5. The Kier molecular flexibility index (Phi) is 4.07. The van der Waals surface area contributed by atoms with E-state index in [4.69, 9.17) is 4.74 Å². The molecule has 18 heavy (non-hydrogen) atoms. The first-order valence-corrected chi connectivity index (χ1v) is 6.84. The molecule has 2 rings (SSSR count). The standard InChI is InChI=1S/C14H24N2O2/c1-11(2)16-9-6-12(15-16)10-13(17)14(18-3)7-4-5-8-14/h6,9,11,13,17H,4-5,7-8,10H2,1-3H3. The number of ether oxygens (including phenoxy) is 1. The second kappa shape index (κ2) is 5.41. The largest absolute Gasteiger partial charge is 0.390 e. The zero-order valence-electron chi connectivity index (χ0n) is 11.6. The van der Waals surface area contributed by atoms with Crippen molar-refractivity contribution in [3.63, 3.8) is 0 Å². The zero-order chi connectivity index (χ0) is 13.2. The Morgan fingerprint density at radius 1 is 1.44 bits per heavy atom. The highest BCUT2D eigenvalue weighted by molar-refractivity contribution is 5.05. The molecule has 1 aromatic heterocycles. The summed E-state index contributed by atoms with van der Waals surface area (Å²) >= 11 is 0. The third kappa shape index (κ3) is 2.59. The fourth-order valence-corrected chi connectivity index (χ4v) is 2.80. The number of aliphatic hydroxyl groups excluding tert-OH is 1.